The van der Waals surface area contributed by atoms with Gasteiger partial charge in [0.15, 0.2) is 0 Å². The predicted molar refractivity (Wildman–Crippen MR) is 64.4 cm³/mol. The quantitative estimate of drug-likeness (QED) is 0.881. The first-order chi connectivity index (χ1) is 8.14. The second-order valence-electron chi connectivity index (χ2n) is 3.80. The van der Waals surface area contributed by atoms with Crippen LogP contribution in [0.25, 0.3) is 0 Å². The van der Waals surface area contributed by atoms with Crippen molar-refractivity contribution in [1.29, 1.82) is 0 Å². The van der Waals surface area contributed by atoms with Gasteiger partial charge in [0, 0.05) is 19.7 Å². The number of sulfonamides is 1. The van der Waals surface area contributed by atoms with Crippen molar-refractivity contribution < 1.29 is 18.3 Å². The molecule has 0 radical (unpaired) electrons. The minimum atomic E-state index is -3.41. The van der Waals surface area contributed by atoms with Crippen LogP contribution in [0.15, 0.2) is 15.7 Å². The summed E-state index contributed by atoms with van der Waals surface area (Å²) in [6, 6.07) is 1.53. The van der Waals surface area contributed by atoms with Crippen molar-refractivity contribution in [2.45, 2.75) is 17.2 Å². The largest absolute Gasteiger partial charge is 0.392 e. The molecule has 2 rings (SSSR count). The van der Waals surface area contributed by atoms with Gasteiger partial charge in [-0.3, -0.25) is 0 Å². The van der Waals surface area contributed by atoms with E-state index in [0.717, 1.165) is 17.8 Å². The normalized spacial score (nSPS) is 19.1. The molecule has 0 amide bonds. The van der Waals surface area contributed by atoms with E-state index in [2.05, 4.69) is 0 Å². The average molecular weight is 277 g/mol. The standard InChI is InChI=1S/C10H15NO4S2/c12-7-9-6-10(16-8-9)17(13,14)11-2-1-4-15-5-3-11/h6,8,12H,1-5,7H2. The lowest BCUT2D eigenvalue weighted by molar-refractivity contribution is 0.148. The number of nitrogens with zero attached hydrogens (tertiary/aromatic N) is 1. The maximum Gasteiger partial charge on any atom is 0.252 e. The molecule has 96 valence electrons. The molecule has 0 spiro atoms. The van der Waals surface area contributed by atoms with E-state index in [1.165, 1.54) is 10.4 Å². The van der Waals surface area contributed by atoms with Gasteiger partial charge < -0.3 is 9.84 Å². The number of aliphatic hydroxyl groups excluding tert-OH is 1. The van der Waals surface area contributed by atoms with Crippen LogP contribution in [-0.2, 0) is 21.4 Å². The fraction of sp³-hybridized carbons (Fsp3) is 0.600. The number of aliphatic hydroxyl groups is 1. The molecule has 0 unspecified atom stereocenters. The molecule has 1 fully saturated rings. The molecule has 2 heterocycles. The molecule has 5 nitrogen and oxygen atoms in total. The molecular formula is C10H15NO4S2. The molecule has 1 saturated heterocycles. The summed E-state index contributed by atoms with van der Waals surface area (Å²) in [5, 5.41) is 10.6. The van der Waals surface area contributed by atoms with Gasteiger partial charge in [0.2, 0.25) is 0 Å². The Bertz CT molecular complexity index is 460. The van der Waals surface area contributed by atoms with E-state index >= 15 is 0 Å². The summed E-state index contributed by atoms with van der Waals surface area (Å²) >= 11 is 1.15. The minimum absolute atomic E-state index is 0.130. The van der Waals surface area contributed by atoms with E-state index in [1.807, 2.05) is 0 Å². The van der Waals surface area contributed by atoms with Crippen LogP contribution in [0.2, 0.25) is 0 Å². The lowest BCUT2D eigenvalue weighted by Gasteiger charge is -2.17. The van der Waals surface area contributed by atoms with Crippen molar-refractivity contribution in [2.24, 2.45) is 0 Å². The van der Waals surface area contributed by atoms with Gasteiger partial charge in [0.1, 0.15) is 4.21 Å². The summed E-state index contributed by atoms with van der Waals surface area (Å²) in [5.74, 6) is 0. The highest BCUT2D eigenvalue weighted by atomic mass is 32.2. The number of hydrogen-bond donors (Lipinski definition) is 1. The summed E-state index contributed by atoms with van der Waals surface area (Å²) < 4.78 is 31.5. The van der Waals surface area contributed by atoms with Crippen molar-refractivity contribution in [2.75, 3.05) is 26.3 Å². The Hall–Kier alpha value is -0.470. The van der Waals surface area contributed by atoms with E-state index < -0.39 is 10.0 Å². The second-order valence-corrected chi connectivity index (χ2v) is 6.88. The molecule has 1 aliphatic rings. The van der Waals surface area contributed by atoms with E-state index in [4.69, 9.17) is 9.84 Å². The highest BCUT2D eigenvalue weighted by molar-refractivity contribution is 7.91. The fourth-order valence-electron chi connectivity index (χ4n) is 1.66. The summed E-state index contributed by atoms with van der Waals surface area (Å²) in [6.45, 7) is 1.81. The Morgan fingerprint density at radius 3 is 2.94 bits per heavy atom. The second kappa shape index (κ2) is 5.45. The Morgan fingerprint density at radius 1 is 1.41 bits per heavy atom. The molecule has 7 heteroatoms. The fourth-order valence-corrected chi connectivity index (χ4v) is 4.48. The summed E-state index contributed by atoms with van der Waals surface area (Å²) in [7, 11) is -3.41. The summed E-state index contributed by atoms with van der Waals surface area (Å²) in [5.41, 5.74) is 0.639. The van der Waals surface area contributed by atoms with Gasteiger partial charge in [-0.15, -0.1) is 11.3 Å². The zero-order valence-corrected chi connectivity index (χ0v) is 11.0. The zero-order valence-electron chi connectivity index (χ0n) is 9.33. The number of thiophene rings is 1. The lowest BCUT2D eigenvalue weighted by Crippen LogP contribution is -2.32. The topological polar surface area (TPSA) is 66.8 Å². The van der Waals surface area contributed by atoms with E-state index in [9.17, 15) is 8.42 Å². The smallest absolute Gasteiger partial charge is 0.252 e. The Labute approximate surface area is 105 Å². The molecule has 1 aromatic rings. The third-order valence-electron chi connectivity index (χ3n) is 2.59. The molecule has 0 bridgehead atoms. The summed E-state index contributed by atoms with van der Waals surface area (Å²) in [6.07, 6.45) is 0.720. The van der Waals surface area contributed by atoms with Gasteiger partial charge in [-0.2, -0.15) is 4.31 Å². The van der Waals surface area contributed by atoms with Crippen LogP contribution in [0.3, 0.4) is 0 Å². The van der Waals surface area contributed by atoms with Crippen molar-refractivity contribution in [3.8, 4) is 0 Å². The third kappa shape index (κ3) is 2.86. The zero-order chi connectivity index (χ0) is 12.3. The number of rotatable bonds is 3. The van der Waals surface area contributed by atoms with Crippen molar-refractivity contribution in [1.82, 2.24) is 4.31 Å². The van der Waals surface area contributed by atoms with Crippen molar-refractivity contribution in [3.05, 3.63) is 17.0 Å². The first kappa shape index (κ1) is 13.0. The first-order valence-electron chi connectivity index (χ1n) is 5.41. The van der Waals surface area contributed by atoms with Gasteiger partial charge in [0.05, 0.1) is 13.2 Å². The van der Waals surface area contributed by atoms with Crippen molar-refractivity contribution in [3.63, 3.8) is 0 Å². The summed E-state index contributed by atoms with van der Waals surface area (Å²) in [4.78, 5) is 0. The molecule has 0 atom stereocenters. The Balaban J connectivity index is 2.22. The molecule has 0 saturated carbocycles. The molecular weight excluding hydrogens is 262 g/mol. The maximum atomic E-state index is 12.3. The molecule has 1 aromatic heterocycles. The van der Waals surface area contributed by atoms with E-state index in [0.29, 0.717) is 36.1 Å². The highest BCUT2D eigenvalue weighted by Crippen LogP contribution is 2.24. The minimum Gasteiger partial charge on any atom is -0.392 e. The van der Waals surface area contributed by atoms with Crippen LogP contribution in [0.1, 0.15) is 12.0 Å². The average Bonchev–Trinajstić information content (AvgIpc) is 2.64. The van der Waals surface area contributed by atoms with Crippen LogP contribution >= 0.6 is 11.3 Å². The molecule has 0 aromatic carbocycles. The SMILES string of the molecule is O=S(=O)(c1cc(CO)cs1)N1CCCOCC1. The van der Waals surface area contributed by atoms with E-state index in [-0.39, 0.29) is 6.61 Å². The number of ether oxygens (including phenoxy) is 1. The number of hydrogen-bond acceptors (Lipinski definition) is 5. The van der Waals surface area contributed by atoms with Gasteiger partial charge in [-0.05, 0) is 23.4 Å². The highest BCUT2D eigenvalue weighted by Gasteiger charge is 2.26. The Morgan fingerprint density at radius 2 is 2.24 bits per heavy atom. The van der Waals surface area contributed by atoms with Crippen LogP contribution in [0.4, 0.5) is 0 Å². The monoisotopic (exact) mass is 277 g/mol. The lowest BCUT2D eigenvalue weighted by atomic mass is 10.4. The first-order valence-corrected chi connectivity index (χ1v) is 7.73. The van der Waals surface area contributed by atoms with E-state index in [1.54, 1.807) is 5.38 Å². The molecule has 1 N–H and O–H groups in total. The predicted octanol–water partition coefficient (Wildman–Crippen LogP) is 0.651. The van der Waals surface area contributed by atoms with Crippen LogP contribution in [-0.4, -0.2) is 44.1 Å². The Kier molecular flexibility index (Phi) is 4.16. The molecule has 17 heavy (non-hydrogen) atoms. The van der Waals surface area contributed by atoms with Crippen LogP contribution in [0.5, 0.6) is 0 Å². The van der Waals surface area contributed by atoms with Gasteiger partial charge in [-0.25, -0.2) is 8.42 Å². The van der Waals surface area contributed by atoms with Gasteiger partial charge in [0.25, 0.3) is 10.0 Å². The molecule has 0 aliphatic carbocycles. The molecule has 1 aliphatic heterocycles. The van der Waals surface area contributed by atoms with Gasteiger partial charge >= 0.3 is 0 Å². The maximum absolute atomic E-state index is 12.3. The van der Waals surface area contributed by atoms with Crippen LogP contribution < -0.4 is 0 Å². The third-order valence-corrected chi connectivity index (χ3v) is 5.95. The van der Waals surface area contributed by atoms with Crippen molar-refractivity contribution >= 4 is 21.4 Å². The van der Waals surface area contributed by atoms with Crippen LogP contribution in [0, 0.1) is 0 Å². The van der Waals surface area contributed by atoms with Gasteiger partial charge in [-0.1, -0.05) is 0 Å².